The molecule has 1 aliphatic rings. The Hall–Kier alpha value is -1.63. The highest BCUT2D eigenvalue weighted by atomic mass is 35.5. The van der Waals surface area contributed by atoms with Crippen molar-refractivity contribution in [2.75, 3.05) is 11.9 Å². The van der Waals surface area contributed by atoms with Crippen molar-refractivity contribution in [1.29, 1.82) is 0 Å². The summed E-state index contributed by atoms with van der Waals surface area (Å²) in [5.41, 5.74) is 6.65. The average Bonchev–Trinajstić information content (AvgIpc) is 2.53. The number of carbonyl (C=O) groups is 2. The number of carbonyl (C=O) groups excluding carboxylic acids is 2. The highest BCUT2D eigenvalue weighted by Crippen LogP contribution is 2.50. The SMILES string of the molecule is CCOC1CC(N)(C(=O)NC(C)c2cccc(NC(C)=O)c2)C1(C)C.Cl. The first-order valence-corrected chi connectivity index (χ1v) is 8.70. The van der Waals surface area contributed by atoms with Gasteiger partial charge in [-0.15, -0.1) is 12.4 Å². The lowest BCUT2D eigenvalue weighted by Gasteiger charge is -2.57. The number of benzene rings is 1. The molecule has 3 unspecified atom stereocenters. The lowest BCUT2D eigenvalue weighted by Crippen LogP contribution is -2.75. The second-order valence-electron chi connectivity index (χ2n) is 7.34. The molecule has 26 heavy (non-hydrogen) atoms. The van der Waals surface area contributed by atoms with Crippen molar-refractivity contribution in [3.05, 3.63) is 29.8 Å². The van der Waals surface area contributed by atoms with Crippen LogP contribution in [0.4, 0.5) is 5.69 Å². The molecular formula is C19H30ClN3O3. The van der Waals surface area contributed by atoms with E-state index in [0.29, 0.717) is 18.7 Å². The molecule has 2 amide bonds. The Labute approximate surface area is 161 Å². The molecule has 0 spiro atoms. The topological polar surface area (TPSA) is 93.4 Å². The Bertz CT molecular complexity index is 665. The summed E-state index contributed by atoms with van der Waals surface area (Å²) < 4.78 is 5.68. The maximum absolute atomic E-state index is 12.8. The van der Waals surface area contributed by atoms with Gasteiger partial charge in [-0.05, 0) is 31.5 Å². The summed E-state index contributed by atoms with van der Waals surface area (Å²) in [6, 6.07) is 7.20. The van der Waals surface area contributed by atoms with Crippen molar-refractivity contribution >= 4 is 29.9 Å². The van der Waals surface area contributed by atoms with Gasteiger partial charge in [0, 0.05) is 31.1 Å². The van der Waals surface area contributed by atoms with Crippen LogP contribution in [0.2, 0.25) is 0 Å². The molecule has 0 heterocycles. The largest absolute Gasteiger partial charge is 0.378 e. The Morgan fingerprint density at radius 1 is 1.38 bits per heavy atom. The summed E-state index contributed by atoms with van der Waals surface area (Å²) in [4.78, 5) is 24.0. The molecule has 146 valence electrons. The molecule has 0 bridgehead atoms. The minimum Gasteiger partial charge on any atom is -0.378 e. The van der Waals surface area contributed by atoms with Crippen molar-refractivity contribution in [2.45, 2.75) is 58.7 Å². The number of hydrogen-bond donors (Lipinski definition) is 3. The van der Waals surface area contributed by atoms with Gasteiger partial charge < -0.3 is 21.1 Å². The fourth-order valence-electron chi connectivity index (χ4n) is 3.32. The highest BCUT2D eigenvalue weighted by molar-refractivity contribution is 5.90. The van der Waals surface area contributed by atoms with Gasteiger partial charge in [-0.25, -0.2) is 0 Å². The van der Waals surface area contributed by atoms with Gasteiger partial charge >= 0.3 is 0 Å². The van der Waals surface area contributed by atoms with Crippen LogP contribution in [0.5, 0.6) is 0 Å². The standard InChI is InChI=1S/C19H29N3O3.ClH/c1-6-25-16-11-19(20,18(16,4)5)17(24)21-12(2)14-8-7-9-15(10-14)22-13(3)23;/h7-10,12,16H,6,11,20H2,1-5H3,(H,21,24)(H,22,23);1H. The number of rotatable bonds is 6. The number of nitrogens with two attached hydrogens (primary N) is 1. The van der Waals surface area contributed by atoms with Crippen molar-refractivity contribution < 1.29 is 14.3 Å². The van der Waals surface area contributed by atoms with Crippen LogP contribution in [-0.2, 0) is 14.3 Å². The second kappa shape index (κ2) is 8.37. The number of anilines is 1. The summed E-state index contributed by atoms with van der Waals surface area (Å²) >= 11 is 0. The molecule has 1 aromatic rings. The quantitative estimate of drug-likeness (QED) is 0.704. The average molecular weight is 384 g/mol. The van der Waals surface area contributed by atoms with E-state index in [4.69, 9.17) is 10.5 Å². The third kappa shape index (κ3) is 4.19. The minimum atomic E-state index is -0.948. The van der Waals surface area contributed by atoms with Crippen molar-refractivity contribution in [1.82, 2.24) is 5.32 Å². The molecule has 6 nitrogen and oxygen atoms in total. The normalized spacial score (nSPS) is 24.6. The molecule has 2 rings (SSSR count). The zero-order valence-corrected chi connectivity index (χ0v) is 16.9. The summed E-state index contributed by atoms with van der Waals surface area (Å²) in [6.07, 6.45) is 0.504. The molecule has 1 aliphatic carbocycles. The molecular weight excluding hydrogens is 354 g/mol. The van der Waals surface area contributed by atoms with Crippen LogP contribution in [0.1, 0.15) is 52.6 Å². The predicted octanol–water partition coefficient (Wildman–Crippen LogP) is 2.78. The third-order valence-electron chi connectivity index (χ3n) is 5.29. The molecule has 1 fully saturated rings. The van der Waals surface area contributed by atoms with Gasteiger partial charge in [0.2, 0.25) is 11.8 Å². The van der Waals surface area contributed by atoms with Crippen molar-refractivity contribution in [3.8, 4) is 0 Å². The molecule has 1 aromatic carbocycles. The Balaban J connectivity index is 0.00000338. The van der Waals surface area contributed by atoms with E-state index in [2.05, 4.69) is 10.6 Å². The fourth-order valence-corrected chi connectivity index (χ4v) is 3.32. The van der Waals surface area contributed by atoms with E-state index in [9.17, 15) is 9.59 Å². The third-order valence-corrected chi connectivity index (χ3v) is 5.29. The van der Waals surface area contributed by atoms with Gasteiger partial charge in [0.15, 0.2) is 0 Å². The first-order valence-electron chi connectivity index (χ1n) is 8.70. The Morgan fingerprint density at radius 2 is 2.04 bits per heavy atom. The van der Waals surface area contributed by atoms with E-state index >= 15 is 0 Å². The van der Waals surface area contributed by atoms with Crippen LogP contribution in [0.15, 0.2) is 24.3 Å². The Kier molecular flexibility index (Phi) is 7.22. The fraction of sp³-hybridized carbons (Fsp3) is 0.579. The molecule has 3 atom stereocenters. The number of hydrogen-bond acceptors (Lipinski definition) is 4. The van der Waals surface area contributed by atoms with Crippen LogP contribution in [0, 0.1) is 5.41 Å². The van der Waals surface area contributed by atoms with Crippen LogP contribution >= 0.6 is 12.4 Å². The monoisotopic (exact) mass is 383 g/mol. The molecule has 0 aromatic heterocycles. The molecule has 0 radical (unpaired) electrons. The van der Waals surface area contributed by atoms with Gasteiger partial charge in [0.25, 0.3) is 0 Å². The Morgan fingerprint density at radius 3 is 2.58 bits per heavy atom. The number of halogens is 1. The minimum absolute atomic E-state index is 0. The maximum Gasteiger partial charge on any atom is 0.241 e. The predicted molar refractivity (Wildman–Crippen MR) is 105 cm³/mol. The summed E-state index contributed by atoms with van der Waals surface area (Å²) in [6.45, 7) is 9.86. The maximum atomic E-state index is 12.8. The van der Waals surface area contributed by atoms with Gasteiger partial charge in [-0.2, -0.15) is 0 Å². The summed E-state index contributed by atoms with van der Waals surface area (Å²) in [7, 11) is 0. The number of nitrogens with one attached hydrogen (secondary N) is 2. The van der Waals surface area contributed by atoms with E-state index < -0.39 is 11.0 Å². The zero-order valence-electron chi connectivity index (χ0n) is 16.1. The van der Waals surface area contributed by atoms with Gasteiger partial charge in [-0.3, -0.25) is 9.59 Å². The lowest BCUT2D eigenvalue weighted by molar-refractivity contribution is -0.171. The first-order chi connectivity index (χ1) is 11.6. The molecule has 0 aliphatic heterocycles. The van der Waals surface area contributed by atoms with E-state index in [1.807, 2.05) is 52.0 Å². The first kappa shape index (κ1) is 22.4. The van der Waals surface area contributed by atoms with Gasteiger partial charge in [-0.1, -0.05) is 26.0 Å². The van der Waals surface area contributed by atoms with Crippen molar-refractivity contribution in [3.63, 3.8) is 0 Å². The van der Waals surface area contributed by atoms with Crippen LogP contribution < -0.4 is 16.4 Å². The molecule has 1 saturated carbocycles. The zero-order chi connectivity index (χ0) is 18.8. The van der Waals surface area contributed by atoms with E-state index in [0.717, 1.165) is 5.56 Å². The molecule has 4 N–H and O–H groups in total. The molecule has 7 heteroatoms. The van der Waals surface area contributed by atoms with Crippen LogP contribution in [0.3, 0.4) is 0 Å². The van der Waals surface area contributed by atoms with Crippen LogP contribution in [0.25, 0.3) is 0 Å². The number of ether oxygens (including phenoxy) is 1. The van der Waals surface area contributed by atoms with Crippen LogP contribution in [-0.4, -0.2) is 30.1 Å². The summed E-state index contributed by atoms with van der Waals surface area (Å²) in [5, 5.41) is 5.75. The smallest absolute Gasteiger partial charge is 0.241 e. The second-order valence-corrected chi connectivity index (χ2v) is 7.34. The molecule has 0 saturated heterocycles. The van der Waals surface area contributed by atoms with E-state index in [1.54, 1.807) is 0 Å². The van der Waals surface area contributed by atoms with Gasteiger partial charge in [0.1, 0.15) is 5.54 Å². The number of amides is 2. The lowest BCUT2D eigenvalue weighted by atomic mass is 9.54. The highest BCUT2D eigenvalue weighted by Gasteiger charge is 2.62. The van der Waals surface area contributed by atoms with E-state index in [1.165, 1.54) is 6.92 Å². The summed E-state index contributed by atoms with van der Waals surface area (Å²) in [5.74, 6) is -0.307. The van der Waals surface area contributed by atoms with Gasteiger partial charge in [0.05, 0.1) is 12.1 Å². The van der Waals surface area contributed by atoms with Crippen molar-refractivity contribution in [2.24, 2.45) is 11.1 Å². The van der Waals surface area contributed by atoms with E-state index in [-0.39, 0.29) is 36.4 Å².